The summed E-state index contributed by atoms with van der Waals surface area (Å²) in [6.07, 6.45) is 0. The minimum Gasteiger partial charge on any atom is -0.496 e. The molecule has 0 N–H and O–H groups in total. The number of pyridine rings is 1. The van der Waals surface area contributed by atoms with Crippen molar-refractivity contribution in [3.8, 4) is 5.75 Å². The van der Waals surface area contributed by atoms with Crippen LogP contribution in [0.5, 0.6) is 5.75 Å². The average molecular weight is 281 g/mol. The number of ether oxygens (including phenoxy) is 1. The van der Waals surface area contributed by atoms with Gasteiger partial charge in [0.2, 0.25) is 0 Å². The molecule has 19 heavy (non-hydrogen) atoms. The number of rotatable bonds is 3. The van der Waals surface area contributed by atoms with Crippen molar-refractivity contribution in [1.29, 1.82) is 0 Å². The van der Waals surface area contributed by atoms with Crippen LogP contribution in [0.2, 0.25) is 5.15 Å². The zero-order valence-corrected chi connectivity index (χ0v) is 11.6. The van der Waals surface area contributed by atoms with E-state index in [1.54, 1.807) is 6.07 Å². The van der Waals surface area contributed by atoms with Crippen LogP contribution in [0.3, 0.4) is 0 Å². The van der Waals surface area contributed by atoms with Crippen molar-refractivity contribution in [3.63, 3.8) is 0 Å². The number of halogens is 1. The van der Waals surface area contributed by atoms with Gasteiger partial charge in [0.15, 0.2) is 0 Å². The first-order valence-corrected chi connectivity index (χ1v) is 6.14. The molecule has 0 bridgehead atoms. The summed E-state index contributed by atoms with van der Waals surface area (Å²) in [5.74, 6) is 0.618. The van der Waals surface area contributed by atoms with Gasteiger partial charge in [-0.05, 0) is 23.6 Å². The second kappa shape index (κ2) is 5.01. The summed E-state index contributed by atoms with van der Waals surface area (Å²) in [4.78, 5) is 14.8. The molecule has 0 fully saturated rings. The van der Waals surface area contributed by atoms with E-state index >= 15 is 0 Å². The lowest BCUT2D eigenvalue weighted by Crippen LogP contribution is -1.97. The largest absolute Gasteiger partial charge is 0.496 e. The van der Waals surface area contributed by atoms with Gasteiger partial charge in [0.1, 0.15) is 16.4 Å². The van der Waals surface area contributed by atoms with Crippen molar-refractivity contribution >= 4 is 28.2 Å². The van der Waals surface area contributed by atoms with Gasteiger partial charge in [-0.3, -0.25) is 10.1 Å². The Morgan fingerprint density at radius 1 is 1.37 bits per heavy atom. The van der Waals surface area contributed by atoms with Crippen molar-refractivity contribution < 1.29 is 9.66 Å². The predicted octanol–water partition coefficient (Wildman–Crippen LogP) is 3.93. The van der Waals surface area contributed by atoms with Crippen LogP contribution in [0.4, 0.5) is 5.69 Å². The number of hydrogen-bond donors (Lipinski definition) is 0. The zero-order valence-electron chi connectivity index (χ0n) is 10.8. The highest BCUT2D eigenvalue weighted by Crippen LogP contribution is 2.34. The third-order valence-corrected chi connectivity index (χ3v) is 3.21. The van der Waals surface area contributed by atoms with Gasteiger partial charge < -0.3 is 4.74 Å². The first-order chi connectivity index (χ1) is 8.93. The van der Waals surface area contributed by atoms with Crippen molar-refractivity contribution in [3.05, 3.63) is 39.0 Å². The molecule has 0 aliphatic carbocycles. The van der Waals surface area contributed by atoms with Crippen molar-refractivity contribution in [1.82, 2.24) is 4.98 Å². The molecule has 0 atom stereocenters. The van der Waals surface area contributed by atoms with Crippen LogP contribution in [0.15, 0.2) is 18.2 Å². The van der Waals surface area contributed by atoms with E-state index in [0.717, 1.165) is 5.56 Å². The van der Waals surface area contributed by atoms with Crippen LogP contribution in [0, 0.1) is 10.1 Å². The lowest BCUT2D eigenvalue weighted by molar-refractivity contribution is -0.383. The third-order valence-electron chi connectivity index (χ3n) is 2.91. The number of aromatic nitrogens is 1. The van der Waals surface area contributed by atoms with E-state index in [9.17, 15) is 10.1 Å². The molecule has 0 aliphatic heterocycles. The Balaban J connectivity index is 2.82. The highest BCUT2D eigenvalue weighted by atomic mass is 35.5. The van der Waals surface area contributed by atoms with Crippen LogP contribution in [0.25, 0.3) is 10.9 Å². The molecule has 0 amide bonds. The number of fused-ring (bicyclic) bond motifs is 1. The maximum atomic E-state index is 11.1. The average Bonchev–Trinajstić information content (AvgIpc) is 2.36. The van der Waals surface area contributed by atoms with Crippen LogP contribution in [0.1, 0.15) is 25.3 Å². The highest BCUT2D eigenvalue weighted by molar-refractivity contribution is 6.30. The normalized spacial score (nSPS) is 11.0. The number of non-ortho nitro benzene ring substituents is 1. The standard InChI is InChI=1S/C13H13ClN2O3/c1-7(2)10-5-8-4-9(19-3)6-11(16(17)18)12(8)15-13(10)14/h4-7H,1-3H3. The minimum atomic E-state index is -0.483. The van der Waals surface area contributed by atoms with Gasteiger partial charge in [-0.2, -0.15) is 0 Å². The van der Waals surface area contributed by atoms with E-state index in [2.05, 4.69) is 4.98 Å². The third kappa shape index (κ3) is 2.46. The van der Waals surface area contributed by atoms with E-state index in [1.165, 1.54) is 13.2 Å². The molecule has 0 aliphatic rings. The fourth-order valence-electron chi connectivity index (χ4n) is 1.90. The molecule has 100 valence electrons. The lowest BCUT2D eigenvalue weighted by Gasteiger charge is -2.10. The molecular formula is C13H13ClN2O3. The summed E-state index contributed by atoms with van der Waals surface area (Å²) in [6, 6.07) is 4.89. The van der Waals surface area contributed by atoms with E-state index in [-0.39, 0.29) is 17.1 Å². The van der Waals surface area contributed by atoms with Crippen LogP contribution < -0.4 is 4.74 Å². The van der Waals surface area contributed by atoms with Gasteiger partial charge in [-0.15, -0.1) is 0 Å². The maximum Gasteiger partial charge on any atom is 0.299 e. The number of hydrogen-bond acceptors (Lipinski definition) is 4. The fourth-order valence-corrected chi connectivity index (χ4v) is 2.26. The zero-order chi connectivity index (χ0) is 14.2. The van der Waals surface area contributed by atoms with Gasteiger partial charge in [0.25, 0.3) is 5.69 Å². The SMILES string of the molecule is COc1cc([N+](=O)[O-])c2nc(Cl)c(C(C)C)cc2c1. The monoisotopic (exact) mass is 280 g/mol. The van der Waals surface area contributed by atoms with E-state index < -0.39 is 4.92 Å². The van der Waals surface area contributed by atoms with E-state index in [0.29, 0.717) is 16.3 Å². The molecule has 1 heterocycles. The Labute approximate surface area is 115 Å². The lowest BCUT2D eigenvalue weighted by atomic mass is 10.0. The fraction of sp³-hybridized carbons (Fsp3) is 0.308. The predicted molar refractivity (Wildman–Crippen MR) is 74.0 cm³/mol. The molecule has 0 unspecified atom stereocenters. The van der Waals surface area contributed by atoms with Crippen molar-refractivity contribution in [2.24, 2.45) is 0 Å². The molecule has 1 aromatic heterocycles. The van der Waals surface area contributed by atoms with Crippen LogP contribution >= 0.6 is 11.6 Å². The summed E-state index contributed by atoms with van der Waals surface area (Å²) in [5.41, 5.74) is 1.03. The van der Waals surface area contributed by atoms with Gasteiger partial charge in [0, 0.05) is 5.39 Å². The first kappa shape index (κ1) is 13.5. The van der Waals surface area contributed by atoms with Crippen LogP contribution in [-0.4, -0.2) is 17.0 Å². The van der Waals surface area contributed by atoms with Crippen molar-refractivity contribution in [2.45, 2.75) is 19.8 Å². The number of methoxy groups -OCH3 is 1. The van der Waals surface area contributed by atoms with Gasteiger partial charge in [0.05, 0.1) is 18.1 Å². The smallest absolute Gasteiger partial charge is 0.299 e. The topological polar surface area (TPSA) is 65.3 Å². The number of nitro benzene ring substituents is 1. The van der Waals surface area contributed by atoms with E-state index in [1.807, 2.05) is 19.9 Å². The molecule has 0 saturated heterocycles. The molecule has 0 radical (unpaired) electrons. The summed E-state index contributed by atoms with van der Waals surface area (Å²) in [5, 5.41) is 12.0. The summed E-state index contributed by atoms with van der Waals surface area (Å²) < 4.78 is 5.08. The summed E-state index contributed by atoms with van der Waals surface area (Å²) >= 11 is 6.08. The Bertz CT molecular complexity index is 656. The molecule has 2 aromatic rings. The molecule has 5 nitrogen and oxygen atoms in total. The van der Waals surface area contributed by atoms with Crippen molar-refractivity contribution in [2.75, 3.05) is 7.11 Å². The number of nitro groups is 1. The van der Waals surface area contributed by atoms with Gasteiger partial charge in [-0.1, -0.05) is 25.4 Å². The highest BCUT2D eigenvalue weighted by Gasteiger charge is 2.18. The second-order valence-electron chi connectivity index (χ2n) is 4.50. The quantitative estimate of drug-likeness (QED) is 0.485. The molecule has 1 aromatic carbocycles. The molecule has 0 spiro atoms. The maximum absolute atomic E-state index is 11.1. The molecular weight excluding hydrogens is 268 g/mol. The molecule has 0 saturated carbocycles. The second-order valence-corrected chi connectivity index (χ2v) is 4.86. The number of benzene rings is 1. The number of nitrogens with zero attached hydrogens (tertiary/aromatic N) is 2. The van der Waals surface area contributed by atoms with E-state index in [4.69, 9.17) is 16.3 Å². The Morgan fingerprint density at radius 3 is 2.58 bits per heavy atom. The summed E-state index contributed by atoms with van der Waals surface area (Å²) in [7, 11) is 1.47. The van der Waals surface area contributed by atoms with Gasteiger partial charge >= 0.3 is 0 Å². The first-order valence-electron chi connectivity index (χ1n) is 5.76. The van der Waals surface area contributed by atoms with Crippen LogP contribution in [-0.2, 0) is 0 Å². The van der Waals surface area contributed by atoms with Gasteiger partial charge in [-0.25, -0.2) is 4.98 Å². The Morgan fingerprint density at radius 2 is 2.05 bits per heavy atom. The Kier molecular flexibility index (Phi) is 3.57. The summed E-state index contributed by atoms with van der Waals surface area (Å²) in [6.45, 7) is 3.98. The molecule has 6 heteroatoms. The Hall–Kier alpha value is -1.88. The minimum absolute atomic E-state index is 0.105. The molecule has 2 rings (SSSR count).